The van der Waals surface area contributed by atoms with E-state index in [2.05, 4.69) is 32.6 Å². The van der Waals surface area contributed by atoms with Crippen molar-refractivity contribution in [3.63, 3.8) is 0 Å². The van der Waals surface area contributed by atoms with E-state index in [1.54, 1.807) is 7.11 Å². The van der Waals surface area contributed by atoms with Crippen molar-refractivity contribution >= 4 is 38.3 Å². The summed E-state index contributed by atoms with van der Waals surface area (Å²) in [5, 5.41) is 8.32. The molecular formula is C16H19BrN2O2. The molecule has 0 heterocycles. The predicted molar refractivity (Wildman–Crippen MR) is 89.6 cm³/mol. The highest BCUT2D eigenvalue weighted by Gasteiger charge is 2.11. The minimum atomic E-state index is -0.297. The molecule has 0 aliphatic rings. The zero-order valence-corrected chi connectivity index (χ0v) is 13.7. The van der Waals surface area contributed by atoms with Gasteiger partial charge in [-0.1, -0.05) is 28.1 Å². The molecule has 0 aliphatic carbocycles. The first-order valence-electron chi connectivity index (χ1n) is 6.82. The van der Waals surface area contributed by atoms with Gasteiger partial charge in [-0.15, -0.1) is 0 Å². The number of hydrogen-bond donors (Lipinski definition) is 2. The van der Waals surface area contributed by atoms with Crippen LogP contribution in [0, 0.1) is 0 Å². The molecule has 2 aromatic rings. The van der Waals surface area contributed by atoms with Crippen molar-refractivity contribution in [3.05, 3.63) is 40.9 Å². The standard InChI is InChI=1S/C16H19BrN2O2/c1-11(16(20)18-7-8-21-2)19-15-6-4-12-9-14(17)5-3-13(12)10-15/h3-6,9-11,19H,7-8H2,1-2H3,(H,18,20). The maximum atomic E-state index is 11.9. The van der Waals surface area contributed by atoms with Crippen LogP contribution < -0.4 is 10.6 Å². The molecule has 2 N–H and O–H groups in total. The molecule has 0 saturated carbocycles. The maximum Gasteiger partial charge on any atom is 0.242 e. The molecule has 1 amide bonds. The Labute approximate surface area is 133 Å². The van der Waals surface area contributed by atoms with Crippen LogP contribution in [0.1, 0.15) is 6.92 Å². The Morgan fingerprint density at radius 2 is 1.95 bits per heavy atom. The van der Waals surface area contributed by atoms with E-state index in [4.69, 9.17) is 4.74 Å². The summed E-state index contributed by atoms with van der Waals surface area (Å²) in [7, 11) is 1.61. The number of amides is 1. The lowest BCUT2D eigenvalue weighted by molar-refractivity contribution is -0.121. The molecule has 0 saturated heterocycles. The Kier molecular flexibility index (Phi) is 5.59. The number of benzene rings is 2. The lowest BCUT2D eigenvalue weighted by Gasteiger charge is -2.15. The van der Waals surface area contributed by atoms with Crippen molar-refractivity contribution in [1.29, 1.82) is 0 Å². The smallest absolute Gasteiger partial charge is 0.242 e. The normalized spacial score (nSPS) is 12.1. The molecule has 2 aromatic carbocycles. The molecule has 1 atom stereocenters. The van der Waals surface area contributed by atoms with Crippen molar-refractivity contribution in [2.45, 2.75) is 13.0 Å². The molecule has 0 radical (unpaired) electrons. The first-order valence-corrected chi connectivity index (χ1v) is 7.62. The van der Waals surface area contributed by atoms with Crippen LogP contribution in [-0.4, -0.2) is 32.2 Å². The first kappa shape index (κ1) is 15.8. The summed E-state index contributed by atoms with van der Waals surface area (Å²) in [6, 6.07) is 11.9. The second-order valence-electron chi connectivity index (χ2n) is 4.86. The summed E-state index contributed by atoms with van der Waals surface area (Å²) in [6.45, 7) is 2.88. The van der Waals surface area contributed by atoms with Crippen molar-refractivity contribution in [2.75, 3.05) is 25.6 Å². The summed E-state index contributed by atoms with van der Waals surface area (Å²) in [4.78, 5) is 11.9. The summed E-state index contributed by atoms with van der Waals surface area (Å²) < 4.78 is 5.97. The van der Waals surface area contributed by atoms with Crippen LogP contribution in [0.3, 0.4) is 0 Å². The van der Waals surface area contributed by atoms with Crippen molar-refractivity contribution in [2.24, 2.45) is 0 Å². The van der Waals surface area contributed by atoms with Gasteiger partial charge in [0.25, 0.3) is 0 Å². The van der Waals surface area contributed by atoms with Gasteiger partial charge in [0.1, 0.15) is 6.04 Å². The molecule has 0 aliphatic heterocycles. The second kappa shape index (κ2) is 7.43. The number of hydrogen-bond acceptors (Lipinski definition) is 3. The van der Waals surface area contributed by atoms with Gasteiger partial charge in [-0.2, -0.15) is 0 Å². The van der Waals surface area contributed by atoms with Crippen molar-refractivity contribution < 1.29 is 9.53 Å². The molecule has 21 heavy (non-hydrogen) atoms. The fourth-order valence-electron chi connectivity index (χ4n) is 2.05. The quantitative estimate of drug-likeness (QED) is 0.786. The van der Waals surface area contributed by atoms with E-state index in [0.29, 0.717) is 13.2 Å². The molecule has 0 aromatic heterocycles. The highest BCUT2D eigenvalue weighted by Crippen LogP contribution is 2.23. The number of methoxy groups -OCH3 is 1. The van der Waals surface area contributed by atoms with E-state index in [1.807, 2.05) is 37.3 Å². The molecule has 4 nitrogen and oxygen atoms in total. The predicted octanol–water partition coefficient (Wildman–Crippen LogP) is 3.17. The largest absolute Gasteiger partial charge is 0.383 e. The van der Waals surface area contributed by atoms with Gasteiger partial charge in [0, 0.05) is 23.8 Å². The van der Waals surface area contributed by atoms with E-state index >= 15 is 0 Å². The fraction of sp³-hybridized carbons (Fsp3) is 0.312. The van der Waals surface area contributed by atoms with E-state index in [0.717, 1.165) is 20.9 Å². The average molecular weight is 351 g/mol. The van der Waals surface area contributed by atoms with Gasteiger partial charge in [-0.05, 0) is 42.0 Å². The summed E-state index contributed by atoms with van der Waals surface area (Å²) in [5.41, 5.74) is 0.930. The molecule has 0 spiro atoms. The topological polar surface area (TPSA) is 50.4 Å². The van der Waals surface area contributed by atoms with Crippen LogP contribution in [0.5, 0.6) is 0 Å². The molecular weight excluding hydrogens is 332 g/mol. The van der Waals surface area contributed by atoms with E-state index < -0.39 is 0 Å². The number of carbonyl (C=O) groups excluding carboxylic acids is 1. The number of nitrogens with one attached hydrogen (secondary N) is 2. The SMILES string of the molecule is COCCNC(=O)C(C)Nc1ccc2cc(Br)ccc2c1. The van der Waals surface area contributed by atoms with Crippen LogP contribution in [0.15, 0.2) is 40.9 Å². The van der Waals surface area contributed by atoms with Crippen LogP contribution in [0.25, 0.3) is 10.8 Å². The number of anilines is 1. The summed E-state index contributed by atoms with van der Waals surface area (Å²) >= 11 is 3.46. The Morgan fingerprint density at radius 1 is 1.24 bits per heavy atom. The van der Waals surface area contributed by atoms with Crippen molar-refractivity contribution in [1.82, 2.24) is 5.32 Å². The molecule has 2 rings (SSSR count). The second-order valence-corrected chi connectivity index (χ2v) is 5.77. The lowest BCUT2D eigenvalue weighted by atomic mass is 10.1. The van der Waals surface area contributed by atoms with Crippen LogP contribution >= 0.6 is 15.9 Å². The highest BCUT2D eigenvalue weighted by molar-refractivity contribution is 9.10. The van der Waals surface area contributed by atoms with Gasteiger partial charge in [0.05, 0.1) is 6.61 Å². The number of halogens is 1. The van der Waals surface area contributed by atoms with Gasteiger partial charge < -0.3 is 15.4 Å². The zero-order valence-electron chi connectivity index (χ0n) is 12.2. The van der Waals surface area contributed by atoms with Gasteiger partial charge >= 0.3 is 0 Å². The minimum absolute atomic E-state index is 0.0389. The van der Waals surface area contributed by atoms with Gasteiger partial charge in [-0.25, -0.2) is 0 Å². The van der Waals surface area contributed by atoms with Gasteiger partial charge in [-0.3, -0.25) is 4.79 Å². The van der Waals surface area contributed by atoms with Crippen LogP contribution in [0.4, 0.5) is 5.69 Å². The Bertz CT molecular complexity index is 631. The molecule has 0 bridgehead atoms. The molecule has 112 valence electrons. The monoisotopic (exact) mass is 350 g/mol. The van der Waals surface area contributed by atoms with Crippen LogP contribution in [0.2, 0.25) is 0 Å². The lowest BCUT2D eigenvalue weighted by Crippen LogP contribution is -2.39. The highest BCUT2D eigenvalue weighted by atomic mass is 79.9. The Hall–Kier alpha value is -1.59. The average Bonchev–Trinajstić information content (AvgIpc) is 2.47. The summed E-state index contributed by atoms with van der Waals surface area (Å²) in [6.07, 6.45) is 0. The Morgan fingerprint density at radius 3 is 2.71 bits per heavy atom. The van der Waals surface area contributed by atoms with Gasteiger partial charge in [0.15, 0.2) is 0 Å². The van der Waals surface area contributed by atoms with Crippen LogP contribution in [-0.2, 0) is 9.53 Å². The number of ether oxygens (including phenoxy) is 1. The van der Waals surface area contributed by atoms with Gasteiger partial charge in [0.2, 0.25) is 5.91 Å². The fourth-order valence-corrected chi connectivity index (χ4v) is 2.43. The first-order chi connectivity index (χ1) is 10.1. The van der Waals surface area contributed by atoms with E-state index in [9.17, 15) is 4.79 Å². The summed E-state index contributed by atoms with van der Waals surface area (Å²) in [5.74, 6) is -0.0389. The molecule has 5 heteroatoms. The third-order valence-electron chi connectivity index (χ3n) is 3.18. The zero-order chi connectivity index (χ0) is 15.2. The third kappa shape index (κ3) is 4.44. The maximum absolute atomic E-state index is 11.9. The Balaban J connectivity index is 2.02. The van der Waals surface area contributed by atoms with E-state index in [1.165, 1.54) is 0 Å². The van der Waals surface area contributed by atoms with E-state index in [-0.39, 0.29) is 11.9 Å². The third-order valence-corrected chi connectivity index (χ3v) is 3.68. The molecule has 0 fully saturated rings. The number of carbonyl (C=O) groups is 1. The number of fused-ring (bicyclic) bond motifs is 1. The molecule has 1 unspecified atom stereocenters. The minimum Gasteiger partial charge on any atom is -0.383 e. The number of rotatable bonds is 6. The van der Waals surface area contributed by atoms with Crippen molar-refractivity contribution in [3.8, 4) is 0 Å².